The fourth-order valence-corrected chi connectivity index (χ4v) is 2.23. The standard InChI is InChI=1S/C11H11BrN4O2S/c12-8-6-14-16(7-8)4-3-10(17)18-15-11(13)9-2-1-5-19-9/h1-2,5-7H,3-4H2,(H2,13,15). The van der Waals surface area contributed by atoms with E-state index in [9.17, 15) is 4.79 Å². The highest BCUT2D eigenvalue weighted by Gasteiger charge is 2.06. The molecule has 0 bridgehead atoms. The molecule has 0 aliphatic heterocycles. The van der Waals surface area contributed by atoms with Crippen LogP contribution in [0.5, 0.6) is 0 Å². The molecule has 6 nitrogen and oxygen atoms in total. The summed E-state index contributed by atoms with van der Waals surface area (Å²) in [5, 5.41) is 9.50. The van der Waals surface area contributed by atoms with E-state index in [0.717, 1.165) is 9.35 Å². The summed E-state index contributed by atoms with van der Waals surface area (Å²) in [6, 6.07) is 3.65. The SMILES string of the molecule is N/C(=N\OC(=O)CCn1cc(Br)cn1)c1cccs1. The summed E-state index contributed by atoms with van der Waals surface area (Å²) in [5.41, 5.74) is 5.66. The number of nitrogens with two attached hydrogens (primary N) is 1. The van der Waals surface area contributed by atoms with Crippen molar-refractivity contribution < 1.29 is 9.63 Å². The lowest BCUT2D eigenvalue weighted by atomic mass is 10.4. The van der Waals surface area contributed by atoms with Gasteiger partial charge in [-0.1, -0.05) is 11.2 Å². The smallest absolute Gasteiger partial charge is 0.336 e. The van der Waals surface area contributed by atoms with Gasteiger partial charge in [-0.25, -0.2) is 4.79 Å². The van der Waals surface area contributed by atoms with E-state index < -0.39 is 5.97 Å². The summed E-state index contributed by atoms with van der Waals surface area (Å²) >= 11 is 4.70. The third-order valence-corrected chi connectivity index (χ3v) is 3.47. The summed E-state index contributed by atoms with van der Waals surface area (Å²) in [5.74, 6) is -0.253. The molecule has 8 heteroatoms. The molecule has 2 aromatic rings. The predicted molar refractivity (Wildman–Crippen MR) is 75.7 cm³/mol. The number of carbonyl (C=O) groups excluding carboxylic acids is 1. The normalized spacial score (nSPS) is 11.5. The summed E-state index contributed by atoms with van der Waals surface area (Å²) < 4.78 is 2.50. The molecule has 2 aromatic heterocycles. The molecule has 2 heterocycles. The minimum atomic E-state index is -0.453. The Morgan fingerprint density at radius 2 is 2.47 bits per heavy atom. The van der Waals surface area contributed by atoms with Crippen molar-refractivity contribution in [3.63, 3.8) is 0 Å². The number of aryl methyl sites for hydroxylation is 1. The van der Waals surface area contributed by atoms with Gasteiger partial charge >= 0.3 is 5.97 Å². The molecule has 0 aromatic carbocycles. The average Bonchev–Trinajstić information content (AvgIpc) is 3.04. The van der Waals surface area contributed by atoms with E-state index in [1.807, 2.05) is 11.4 Å². The molecule has 0 fully saturated rings. The van der Waals surface area contributed by atoms with Crippen LogP contribution in [0.25, 0.3) is 0 Å². The van der Waals surface area contributed by atoms with Crippen molar-refractivity contribution >= 4 is 39.1 Å². The number of oxime groups is 1. The summed E-state index contributed by atoms with van der Waals surface area (Å²) in [6.07, 6.45) is 3.60. The lowest BCUT2D eigenvalue weighted by Gasteiger charge is -2.00. The van der Waals surface area contributed by atoms with Gasteiger partial charge in [-0.15, -0.1) is 11.3 Å². The molecule has 0 saturated carbocycles. The fourth-order valence-electron chi connectivity index (χ4n) is 1.28. The second-order valence-corrected chi connectivity index (χ2v) is 5.45. The van der Waals surface area contributed by atoms with Gasteiger partial charge in [0, 0.05) is 6.20 Å². The van der Waals surface area contributed by atoms with Crippen molar-refractivity contribution in [2.75, 3.05) is 0 Å². The van der Waals surface area contributed by atoms with E-state index in [1.54, 1.807) is 23.1 Å². The van der Waals surface area contributed by atoms with Crippen LogP contribution in [-0.4, -0.2) is 21.6 Å². The van der Waals surface area contributed by atoms with Gasteiger partial charge in [0.1, 0.15) is 0 Å². The van der Waals surface area contributed by atoms with Crippen molar-refractivity contribution in [3.8, 4) is 0 Å². The van der Waals surface area contributed by atoms with Gasteiger partial charge in [0.25, 0.3) is 0 Å². The molecule has 0 saturated heterocycles. The van der Waals surface area contributed by atoms with E-state index in [1.165, 1.54) is 11.3 Å². The topological polar surface area (TPSA) is 82.5 Å². The first-order valence-electron chi connectivity index (χ1n) is 5.40. The maximum absolute atomic E-state index is 11.5. The zero-order valence-electron chi connectivity index (χ0n) is 9.82. The molecule has 0 unspecified atom stereocenters. The number of amidine groups is 1. The van der Waals surface area contributed by atoms with Gasteiger partial charge in [-0.2, -0.15) is 5.10 Å². The highest BCUT2D eigenvalue weighted by Crippen LogP contribution is 2.08. The quantitative estimate of drug-likeness (QED) is 0.389. The van der Waals surface area contributed by atoms with E-state index in [0.29, 0.717) is 6.54 Å². The molecule has 2 N–H and O–H groups in total. The highest BCUT2D eigenvalue weighted by atomic mass is 79.9. The lowest BCUT2D eigenvalue weighted by molar-refractivity contribution is -0.143. The Labute approximate surface area is 122 Å². The highest BCUT2D eigenvalue weighted by molar-refractivity contribution is 9.10. The van der Waals surface area contributed by atoms with Crippen LogP contribution in [0.3, 0.4) is 0 Å². The molecule has 0 aliphatic rings. The minimum Gasteiger partial charge on any atom is -0.380 e. The molecular formula is C11H11BrN4O2S. The molecular weight excluding hydrogens is 332 g/mol. The number of rotatable bonds is 5. The number of nitrogens with zero attached hydrogens (tertiary/aromatic N) is 3. The maximum Gasteiger partial charge on any atom is 0.336 e. The zero-order chi connectivity index (χ0) is 13.7. The number of aromatic nitrogens is 2. The molecule has 2 rings (SSSR count). The monoisotopic (exact) mass is 342 g/mol. The van der Waals surface area contributed by atoms with Gasteiger partial charge in [0.15, 0.2) is 5.84 Å². The Morgan fingerprint density at radius 3 is 3.11 bits per heavy atom. The van der Waals surface area contributed by atoms with E-state index in [2.05, 4.69) is 26.2 Å². The van der Waals surface area contributed by atoms with Crippen molar-refractivity contribution in [3.05, 3.63) is 39.3 Å². The van der Waals surface area contributed by atoms with Gasteiger partial charge in [0.2, 0.25) is 0 Å². The van der Waals surface area contributed by atoms with E-state index >= 15 is 0 Å². The number of halogens is 1. The molecule has 0 spiro atoms. The van der Waals surface area contributed by atoms with Crippen molar-refractivity contribution in [2.24, 2.45) is 10.9 Å². The van der Waals surface area contributed by atoms with Crippen LogP contribution in [0.4, 0.5) is 0 Å². The molecule has 0 amide bonds. The Kier molecular flexibility index (Phi) is 4.69. The first-order chi connectivity index (χ1) is 9.15. The second-order valence-electron chi connectivity index (χ2n) is 3.59. The Hall–Kier alpha value is -1.67. The largest absolute Gasteiger partial charge is 0.380 e. The van der Waals surface area contributed by atoms with Crippen LogP contribution in [-0.2, 0) is 16.2 Å². The van der Waals surface area contributed by atoms with Crippen molar-refractivity contribution in [1.82, 2.24) is 9.78 Å². The molecule has 0 radical (unpaired) electrons. The van der Waals surface area contributed by atoms with Gasteiger partial charge in [-0.3, -0.25) is 4.68 Å². The molecule has 100 valence electrons. The van der Waals surface area contributed by atoms with E-state index in [4.69, 9.17) is 10.6 Å². The van der Waals surface area contributed by atoms with Gasteiger partial charge in [0.05, 0.1) is 28.5 Å². The first kappa shape index (κ1) is 13.8. The summed E-state index contributed by atoms with van der Waals surface area (Å²) in [4.78, 5) is 17.0. The molecule has 0 aliphatic carbocycles. The molecule has 19 heavy (non-hydrogen) atoms. The predicted octanol–water partition coefficient (Wildman–Crippen LogP) is 1.96. The summed E-state index contributed by atoms with van der Waals surface area (Å²) in [7, 11) is 0. The maximum atomic E-state index is 11.5. The van der Waals surface area contributed by atoms with Crippen LogP contribution in [0.2, 0.25) is 0 Å². The summed E-state index contributed by atoms with van der Waals surface area (Å²) in [6.45, 7) is 0.429. The third kappa shape index (κ3) is 4.18. The van der Waals surface area contributed by atoms with Crippen LogP contribution in [0.15, 0.2) is 39.5 Å². The van der Waals surface area contributed by atoms with Crippen LogP contribution < -0.4 is 5.73 Å². The lowest BCUT2D eigenvalue weighted by Crippen LogP contribution is -2.14. The third-order valence-electron chi connectivity index (χ3n) is 2.17. The number of thiophene rings is 1. The number of hydrogen-bond donors (Lipinski definition) is 1. The minimum absolute atomic E-state index is 0.176. The Morgan fingerprint density at radius 1 is 1.63 bits per heavy atom. The van der Waals surface area contributed by atoms with Gasteiger partial charge in [-0.05, 0) is 27.4 Å². The van der Waals surface area contributed by atoms with Crippen LogP contribution in [0, 0.1) is 0 Å². The zero-order valence-corrected chi connectivity index (χ0v) is 12.2. The Bertz CT molecular complexity index is 579. The van der Waals surface area contributed by atoms with Crippen LogP contribution >= 0.6 is 27.3 Å². The average molecular weight is 343 g/mol. The van der Waals surface area contributed by atoms with Crippen molar-refractivity contribution in [2.45, 2.75) is 13.0 Å². The number of hydrogen-bond acceptors (Lipinski definition) is 5. The molecule has 0 atom stereocenters. The van der Waals surface area contributed by atoms with Crippen molar-refractivity contribution in [1.29, 1.82) is 0 Å². The van der Waals surface area contributed by atoms with Crippen LogP contribution in [0.1, 0.15) is 11.3 Å². The fraction of sp³-hybridized carbons (Fsp3) is 0.182. The first-order valence-corrected chi connectivity index (χ1v) is 7.07. The van der Waals surface area contributed by atoms with E-state index in [-0.39, 0.29) is 12.3 Å². The Balaban J connectivity index is 1.80. The van der Waals surface area contributed by atoms with Gasteiger partial charge < -0.3 is 10.6 Å². The number of carbonyl (C=O) groups is 1. The second kappa shape index (κ2) is 6.48.